The standard InChI is InChI=1S/C27H25ClN6/c1-33(26-23-12-11-21(28)15-25(23)34-17-30-32-27(34)31-26)22-7-3-6-20(14-22)24-13-10-19(16-29-24)9-8-18-4-2-5-18/h3,6-7,10-18H,2,4-5,8-9H2,1H3. The molecule has 1 aliphatic rings. The van der Waals surface area contributed by atoms with Gasteiger partial charge in [0.2, 0.25) is 0 Å². The SMILES string of the molecule is CN(c1cccc(-c2ccc(CCC3CCC3)cn2)c1)c1nc2nncn2c2cc(Cl)ccc12. The van der Waals surface area contributed by atoms with Crippen molar-refractivity contribution in [1.29, 1.82) is 0 Å². The lowest BCUT2D eigenvalue weighted by Gasteiger charge is -2.25. The minimum Gasteiger partial charge on any atom is -0.329 e. The third kappa shape index (κ3) is 3.88. The molecule has 7 heteroatoms. The van der Waals surface area contributed by atoms with E-state index in [1.54, 1.807) is 6.33 Å². The molecule has 0 amide bonds. The van der Waals surface area contributed by atoms with Crippen LogP contribution < -0.4 is 4.90 Å². The molecule has 34 heavy (non-hydrogen) atoms. The highest BCUT2D eigenvalue weighted by molar-refractivity contribution is 6.31. The van der Waals surface area contributed by atoms with Gasteiger partial charge in [0, 0.05) is 34.9 Å². The Morgan fingerprint density at radius 2 is 2.00 bits per heavy atom. The highest BCUT2D eigenvalue weighted by Crippen LogP contribution is 2.33. The van der Waals surface area contributed by atoms with E-state index in [1.165, 1.54) is 31.2 Å². The number of rotatable bonds is 6. The van der Waals surface area contributed by atoms with E-state index in [2.05, 4.69) is 51.5 Å². The lowest BCUT2D eigenvalue weighted by Crippen LogP contribution is -2.13. The molecule has 0 saturated heterocycles. The Bertz CT molecular complexity index is 1470. The maximum atomic E-state index is 6.28. The summed E-state index contributed by atoms with van der Waals surface area (Å²) in [6.45, 7) is 0. The van der Waals surface area contributed by atoms with E-state index < -0.39 is 0 Å². The number of benzene rings is 2. The molecule has 0 bridgehead atoms. The Morgan fingerprint density at radius 1 is 1.09 bits per heavy atom. The normalized spacial score (nSPS) is 13.9. The van der Waals surface area contributed by atoms with Crippen LogP contribution in [0.4, 0.5) is 11.5 Å². The van der Waals surface area contributed by atoms with Crippen LogP contribution in [0.15, 0.2) is 67.1 Å². The molecule has 0 spiro atoms. The van der Waals surface area contributed by atoms with Crippen molar-refractivity contribution < 1.29 is 0 Å². The van der Waals surface area contributed by atoms with Crippen LogP contribution in [0.2, 0.25) is 5.02 Å². The van der Waals surface area contributed by atoms with Crippen LogP contribution in [0.5, 0.6) is 0 Å². The molecule has 6 nitrogen and oxygen atoms in total. The van der Waals surface area contributed by atoms with Crippen LogP contribution in [0.1, 0.15) is 31.2 Å². The number of anilines is 2. The fourth-order valence-corrected chi connectivity index (χ4v) is 4.84. The lowest BCUT2D eigenvalue weighted by molar-refractivity contribution is 0.296. The predicted octanol–water partition coefficient (Wildman–Crippen LogP) is 6.49. The van der Waals surface area contributed by atoms with E-state index in [1.807, 2.05) is 35.8 Å². The Labute approximate surface area is 203 Å². The third-order valence-corrected chi connectivity index (χ3v) is 7.17. The van der Waals surface area contributed by atoms with E-state index >= 15 is 0 Å². The van der Waals surface area contributed by atoms with Gasteiger partial charge < -0.3 is 4.90 Å². The van der Waals surface area contributed by atoms with Crippen molar-refractivity contribution in [3.05, 3.63) is 77.7 Å². The average molecular weight is 469 g/mol. The second-order valence-electron chi connectivity index (χ2n) is 9.09. The molecule has 0 N–H and O–H groups in total. The summed E-state index contributed by atoms with van der Waals surface area (Å²) in [5.74, 6) is 2.25. The first-order chi connectivity index (χ1) is 16.7. The predicted molar refractivity (Wildman–Crippen MR) is 137 cm³/mol. The minimum atomic E-state index is 0.534. The quantitative estimate of drug-likeness (QED) is 0.285. The van der Waals surface area contributed by atoms with Gasteiger partial charge in [-0.1, -0.05) is 49.1 Å². The van der Waals surface area contributed by atoms with Crippen molar-refractivity contribution in [3.8, 4) is 11.3 Å². The van der Waals surface area contributed by atoms with Crippen molar-refractivity contribution in [2.24, 2.45) is 5.92 Å². The summed E-state index contributed by atoms with van der Waals surface area (Å²) in [4.78, 5) is 11.6. The maximum absolute atomic E-state index is 6.28. The third-order valence-electron chi connectivity index (χ3n) is 6.93. The molecule has 3 heterocycles. The fourth-order valence-electron chi connectivity index (χ4n) is 4.67. The van der Waals surface area contributed by atoms with Crippen LogP contribution in [0, 0.1) is 5.92 Å². The molecule has 0 unspecified atom stereocenters. The van der Waals surface area contributed by atoms with Gasteiger partial charge >= 0.3 is 0 Å². The van der Waals surface area contributed by atoms with Crippen LogP contribution in [0.3, 0.4) is 0 Å². The highest BCUT2D eigenvalue weighted by atomic mass is 35.5. The minimum absolute atomic E-state index is 0.534. The molecule has 5 aromatic rings. The van der Waals surface area contributed by atoms with Gasteiger partial charge in [0.25, 0.3) is 5.78 Å². The number of hydrogen-bond donors (Lipinski definition) is 0. The van der Waals surface area contributed by atoms with Gasteiger partial charge in [0.15, 0.2) is 0 Å². The van der Waals surface area contributed by atoms with Crippen LogP contribution >= 0.6 is 11.6 Å². The largest absolute Gasteiger partial charge is 0.329 e. The summed E-state index contributed by atoms with van der Waals surface area (Å²) in [5.41, 5.74) is 5.30. The Morgan fingerprint density at radius 3 is 2.79 bits per heavy atom. The summed E-state index contributed by atoms with van der Waals surface area (Å²) in [7, 11) is 2.01. The first kappa shape index (κ1) is 21.1. The molecule has 0 atom stereocenters. The first-order valence-electron chi connectivity index (χ1n) is 11.7. The van der Waals surface area contributed by atoms with Gasteiger partial charge in [0.1, 0.15) is 12.1 Å². The summed E-state index contributed by atoms with van der Waals surface area (Å²) >= 11 is 6.28. The molecular formula is C27H25ClN6. The van der Waals surface area contributed by atoms with Gasteiger partial charge in [-0.2, -0.15) is 4.98 Å². The number of nitrogens with zero attached hydrogens (tertiary/aromatic N) is 6. The topological polar surface area (TPSA) is 59.2 Å². The van der Waals surface area contributed by atoms with E-state index in [0.717, 1.165) is 46.0 Å². The van der Waals surface area contributed by atoms with Gasteiger partial charge in [-0.15, -0.1) is 10.2 Å². The average Bonchev–Trinajstić information content (AvgIpc) is 3.32. The monoisotopic (exact) mass is 468 g/mol. The summed E-state index contributed by atoms with van der Waals surface area (Å²) in [6.07, 6.45) is 10.3. The van der Waals surface area contributed by atoms with Gasteiger partial charge in [0.05, 0.1) is 11.2 Å². The molecule has 1 fully saturated rings. The lowest BCUT2D eigenvalue weighted by atomic mass is 9.81. The van der Waals surface area contributed by atoms with Crippen molar-refractivity contribution in [2.75, 3.05) is 11.9 Å². The smallest absolute Gasteiger partial charge is 0.257 e. The number of aryl methyl sites for hydroxylation is 1. The van der Waals surface area contributed by atoms with Gasteiger partial charge in [-0.05, 0) is 60.7 Å². The summed E-state index contributed by atoms with van der Waals surface area (Å²) < 4.78 is 1.85. The number of halogens is 1. The van der Waals surface area contributed by atoms with Gasteiger partial charge in [-0.25, -0.2) is 0 Å². The Kier molecular flexibility index (Phi) is 5.38. The second-order valence-corrected chi connectivity index (χ2v) is 9.53. The van der Waals surface area contributed by atoms with Crippen LogP contribution in [-0.2, 0) is 6.42 Å². The Balaban J connectivity index is 1.31. The number of hydrogen-bond acceptors (Lipinski definition) is 5. The molecule has 0 radical (unpaired) electrons. The van der Waals surface area contributed by atoms with Crippen molar-refractivity contribution in [2.45, 2.75) is 32.1 Å². The van der Waals surface area contributed by atoms with Crippen molar-refractivity contribution in [3.63, 3.8) is 0 Å². The maximum Gasteiger partial charge on any atom is 0.257 e. The molecule has 170 valence electrons. The van der Waals surface area contributed by atoms with E-state index in [-0.39, 0.29) is 0 Å². The van der Waals surface area contributed by atoms with Crippen LogP contribution in [-0.4, -0.2) is 31.6 Å². The van der Waals surface area contributed by atoms with E-state index in [9.17, 15) is 0 Å². The first-order valence-corrected chi connectivity index (χ1v) is 12.1. The van der Waals surface area contributed by atoms with Crippen LogP contribution in [0.25, 0.3) is 27.9 Å². The van der Waals surface area contributed by atoms with E-state index in [0.29, 0.717) is 10.8 Å². The number of aromatic nitrogens is 5. The zero-order valence-corrected chi connectivity index (χ0v) is 19.8. The molecule has 1 aliphatic carbocycles. The van der Waals surface area contributed by atoms with Crippen molar-refractivity contribution in [1.82, 2.24) is 24.6 Å². The number of fused-ring (bicyclic) bond motifs is 3. The zero-order valence-electron chi connectivity index (χ0n) is 19.0. The molecule has 2 aromatic carbocycles. The van der Waals surface area contributed by atoms with Gasteiger partial charge in [-0.3, -0.25) is 9.38 Å². The molecule has 6 rings (SSSR count). The fraction of sp³-hybridized carbons (Fsp3) is 0.259. The zero-order chi connectivity index (χ0) is 23.1. The molecule has 3 aromatic heterocycles. The summed E-state index contributed by atoms with van der Waals surface area (Å²) in [6, 6.07) is 18.5. The highest BCUT2D eigenvalue weighted by Gasteiger charge is 2.17. The number of pyridine rings is 1. The summed E-state index contributed by atoms with van der Waals surface area (Å²) in [5, 5.41) is 9.82. The van der Waals surface area contributed by atoms with E-state index in [4.69, 9.17) is 21.6 Å². The molecule has 1 saturated carbocycles. The molecular weight excluding hydrogens is 444 g/mol. The second kappa shape index (κ2) is 8.69. The Hall–Kier alpha value is -3.51. The molecule has 0 aliphatic heterocycles. The van der Waals surface area contributed by atoms with Crippen molar-refractivity contribution >= 4 is 39.8 Å².